The van der Waals surface area contributed by atoms with Crippen molar-refractivity contribution in [3.05, 3.63) is 66.7 Å². The SMILES string of the molecule is C=C(C(N)=O)c1ccccc1-c1ccccc1. The van der Waals surface area contributed by atoms with E-state index in [9.17, 15) is 4.79 Å². The summed E-state index contributed by atoms with van der Waals surface area (Å²) >= 11 is 0. The van der Waals surface area contributed by atoms with Crippen LogP contribution in [-0.4, -0.2) is 5.91 Å². The fourth-order valence-corrected chi connectivity index (χ4v) is 1.75. The van der Waals surface area contributed by atoms with Crippen molar-refractivity contribution in [2.45, 2.75) is 0 Å². The molecule has 0 saturated carbocycles. The first kappa shape index (κ1) is 11.1. The number of rotatable bonds is 3. The Morgan fingerprint density at radius 1 is 0.941 bits per heavy atom. The van der Waals surface area contributed by atoms with Gasteiger partial charge in [0.1, 0.15) is 0 Å². The van der Waals surface area contributed by atoms with Crippen LogP contribution in [0, 0.1) is 0 Å². The molecule has 2 heteroatoms. The molecule has 0 aliphatic rings. The quantitative estimate of drug-likeness (QED) is 0.799. The van der Waals surface area contributed by atoms with Gasteiger partial charge in [-0.3, -0.25) is 4.79 Å². The molecule has 0 unspecified atom stereocenters. The van der Waals surface area contributed by atoms with Gasteiger partial charge in [0.05, 0.1) is 0 Å². The number of primary amides is 1. The summed E-state index contributed by atoms with van der Waals surface area (Å²) in [6, 6.07) is 17.5. The van der Waals surface area contributed by atoms with Gasteiger partial charge in [-0.15, -0.1) is 0 Å². The lowest BCUT2D eigenvalue weighted by Crippen LogP contribution is -2.12. The molecular formula is C15H13NO. The van der Waals surface area contributed by atoms with Gasteiger partial charge >= 0.3 is 0 Å². The van der Waals surface area contributed by atoms with Gasteiger partial charge in [-0.05, 0) is 16.7 Å². The highest BCUT2D eigenvalue weighted by molar-refractivity contribution is 6.19. The summed E-state index contributed by atoms with van der Waals surface area (Å²) in [5.74, 6) is -0.492. The maximum absolute atomic E-state index is 11.2. The monoisotopic (exact) mass is 223 g/mol. The van der Waals surface area contributed by atoms with Crippen LogP contribution >= 0.6 is 0 Å². The smallest absolute Gasteiger partial charge is 0.248 e. The molecule has 0 radical (unpaired) electrons. The first-order valence-electron chi connectivity index (χ1n) is 5.33. The topological polar surface area (TPSA) is 43.1 Å². The lowest BCUT2D eigenvalue weighted by Gasteiger charge is -2.09. The predicted octanol–water partition coefficient (Wildman–Crippen LogP) is 2.85. The molecule has 1 amide bonds. The van der Waals surface area contributed by atoms with Crippen molar-refractivity contribution in [1.82, 2.24) is 0 Å². The first-order valence-corrected chi connectivity index (χ1v) is 5.33. The van der Waals surface area contributed by atoms with Crippen LogP contribution < -0.4 is 5.73 Å². The van der Waals surface area contributed by atoms with E-state index in [2.05, 4.69) is 6.58 Å². The summed E-state index contributed by atoms with van der Waals surface area (Å²) in [5.41, 5.74) is 8.41. The molecule has 0 aliphatic carbocycles. The predicted molar refractivity (Wildman–Crippen MR) is 70.1 cm³/mol. The van der Waals surface area contributed by atoms with Crippen molar-refractivity contribution in [1.29, 1.82) is 0 Å². The van der Waals surface area contributed by atoms with E-state index in [0.29, 0.717) is 5.57 Å². The summed E-state index contributed by atoms with van der Waals surface area (Å²) in [5, 5.41) is 0. The number of carbonyl (C=O) groups excluding carboxylic acids is 1. The van der Waals surface area contributed by atoms with Gasteiger partial charge in [0, 0.05) is 5.57 Å². The summed E-state index contributed by atoms with van der Waals surface area (Å²) in [4.78, 5) is 11.2. The van der Waals surface area contributed by atoms with E-state index in [1.165, 1.54) is 0 Å². The number of carbonyl (C=O) groups is 1. The highest BCUT2D eigenvalue weighted by Crippen LogP contribution is 2.27. The summed E-state index contributed by atoms with van der Waals surface area (Å²) < 4.78 is 0. The normalized spacial score (nSPS) is 9.88. The molecule has 17 heavy (non-hydrogen) atoms. The summed E-state index contributed by atoms with van der Waals surface area (Å²) in [7, 11) is 0. The Morgan fingerprint density at radius 2 is 1.53 bits per heavy atom. The summed E-state index contributed by atoms with van der Waals surface area (Å²) in [6.45, 7) is 3.74. The number of benzene rings is 2. The van der Waals surface area contributed by atoms with Crippen molar-refractivity contribution < 1.29 is 4.79 Å². The molecule has 2 rings (SSSR count). The molecule has 0 aromatic heterocycles. The molecule has 2 aromatic rings. The lowest BCUT2D eigenvalue weighted by atomic mass is 9.95. The van der Waals surface area contributed by atoms with Gasteiger partial charge in [0.2, 0.25) is 5.91 Å². The van der Waals surface area contributed by atoms with E-state index < -0.39 is 5.91 Å². The third-order valence-corrected chi connectivity index (χ3v) is 2.63. The second-order valence-electron chi connectivity index (χ2n) is 3.75. The third-order valence-electron chi connectivity index (χ3n) is 2.63. The van der Waals surface area contributed by atoms with Crippen LogP contribution in [0.25, 0.3) is 16.7 Å². The zero-order valence-electron chi connectivity index (χ0n) is 9.39. The summed E-state index contributed by atoms with van der Waals surface area (Å²) in [6.07, 6.45) is 0. The van der Waals surface area contributed by atoms with E-state index >= 15 is 0 Å². The van der Waals surface area contributed by atoms with Gasteiger partial charge < -0.3 is 5.73 Å². The molecule has 0 heterocycles. The average Bonchev–Trinajstić information content (AvgIpc) is 2.39. The third kappa shape index (κ3) is 2.26. The van der Waals surface area contributed by atoms with Crippen molar-refractivity contribution >= 4 is 11.5 Å². The van der Waals surface area contributed by atoms with Crippen LogP contribution in [0.4, 0.5) is 0 Å². The fourth-order valence-electron chi connectivity index (χ4n) is 1.75. The minimum atomic E-state index is -0.492. The van der Waals surface area contributed by atoms with E-state index in [4.69, 9.17) is 5.73 Å². The van der Waals surface area contributed by atoms with Gasteiger partial charge in [0.15, 0.2) is 0 Å². The van der Waals surface area contributed by atoms with Crippen molar-refractivity contribution in [2.75, 3.05) is 0 Å². The van der Waals surface area contributed by atoms with Crippen LogP contribution in [0.5, 0.6) is 0 Å². The van der Waals surface area contributed by atoms with Gasteiger partial charge in [0.25, 0.3) is 0 Å². The minimum Gasteiger partial charge on any atom is -0.366 e. The maximum atomic E-state index is 11.2. The Balaban J connectivity index is 2.56. The molecule has 2 N–H and O–H groups in total. The van der Waals surface area contributed by atoms with Crippen molar-refractivity contribution in [3.63, 3.8) is 0 Å². The molecule has 0 atom stereocenters. The fraction of sp³-hybridized carbons (Fsp3) is 0. The number of amides is 1. The van der Waals surface area contributed by atoms with Gasteiger partial charge in [-0.25, -0.2) is 0 Å². The van der Waals surface area contributed by atoms with Gasteiger partial charge in [-0.2, -0.15) is 0 Å². The maximum Gasteiger partial charge on any atom is 0.248 e. The van der Waals surface area contributed by atoms with Crippen LogP contribution in [0.2, 0.25) is 0 Å². The molecule has 0 spiro atoms. The van der Waals surface area contributed by atoms with Gasteiger partial charge in [-0.1, -0.05) is 61.2 Å². The Labute approximate surface area is 100 Å². The Hall–Kier alpha value is -2.35. The Morgan fingerprint density at radius 3 is 2.18 bits per heavy atom. The highest BCUT2D eigenvalue weighted by atomic mass is 16.1. The van der Waals surface area contributed by atoms with E-state index in [1.54, 1.807) is 0 Å². The first-order chi connectivity index (χ1) is 8.20. The largest absolute Gasteiger partial charge is 0.366 e. The molecule has 2 aromatic carbocycles. The van der Waals surface area contributed by atoms with E-state index in [-0.39, 0.29) is 0 Å². The standard InChI is InChI=1S/C15H13NO/c1-11(15(16)17)13-9-5-6-10-14(13)12-7-3-2-4-8-12/h2-10H,1H2,(H2,16,17). The van der Waals surface area contributed by atoms with E-state index in [1.807, 2.05) is 54.6 Å². The molecule has 0 saturated heterocycles. The number of hydrogen-bond donors (Lipinski definition) is 1. The second-order valence-corrected chi connectivity index (χ2v) is 3.75. The lowest BCUT2D eigenvalue weighted by molar-refractivity contribution is -0.112. The van der Waals surface area contributed by atoms with E-state index in [0.717, 1.165) is 16.7 Å². The van der Waals surface area contributed by atoms with Crippen LogP contribution in [0.3, 0.4) is 0 Å². The van der Waals surface area contributed by atoms with Crippen LogP contribution in [0.1, 0.15) is 5.56 Å². The zero-order chi connectivity index (χ0) is 12.3. The second kappa shape index (κ2) is 4.66. The Kier molecular flexibility index (Phi) is 3.06. The molecule has 2 nitrogen and oxygen atoms in total. The molecule has 0 bridgehead atoms. The molecular weight excluding hydrogens is 210 g/mol. The van der Waals surface area contributed by atoms with Crippen LogP contribution in [0.15, 0.2) is 61.2 Å². The number of hydrogen-bond acceptors (Lipinski definition) is 1. The molecule has 84 valence electrons. The van der Waals surface area contributed by atoms with Crippen LogP contribution in [-0.2, 0) is 4.79 Å². The minimum absolute atomic E-state index is 0.337. The zero-order valence-corrected chi connectivity index (χ0v) is 9.39. The molecule has 0 aliphatic heterocycles. The average molecular weight is 223 g/mol. The molecule has 0 fully saturated rings. The Bertz CT molecular complexity index is 558. The van der Waals surface area contributed by atoms with Crippen molar-refractivity contribution in [3.8, 4) is 11.1 Å². The number of nitrogens with two attached hydrogens (primary N) is 1. The van der Waals surface area contributed by atoms with Crippen molar-refractivity contribution in [2.24, 2.45) is 5.73 Å². The highest BCUT2D eigenvalue weighted by Gasteiger charge is 2.10.